The minimum Gasteiger partial charge on any atom is -0.485 e. The molecular weight excluding hydrogens is 232 g/mol. The SMILES string of the molecule is CCCc1ccc2c(c1)OCC(C(=O)OCC)O2. The Morgan fingerprint density at radius 1 is 1.39 bits per heavy atom. The van der Waals surface area contributed by atoms with E-state index in [2.05, 4.69) is 6.92 Å². The van der Waals surface area contributed by atoms with Crippen molar-refractivity contribution in [1.29, 1.82) is 0 Å². The van der Waals surface area contributed by atoms with Gasteiger partial charge in [0.25, 0.3) is 0 Å². The first-order valence-electron chi connectivity index (χ1n) is 6.33. The summed E-state index contributed by atoms with van der Waals surface area (Å²) in [7, 11) is 0. The summed E-state index contributed by atoms with van der Waals surface area (Å²) in [6, 6.07) is 5.82. The maximum absolute atomic E-state index is 11.6. The largest absolute Gasteiger partial charge is 0.485 e. The first-order chi connectivity index (χ1) is 8.74. The molecule has 0 aromatic heterocycles. The second kappa shape index (κ2) is 5.76. The third kappa shape index (κ3) is 2.75. The molecule has 0 spiro atoms. The topological polar surface area (TPSA) is 44.8 Å². The molecule has 1 unspecified atom stereocenters. The Labute approximate surface area is 107 Å². The van der Waals surface area contributed by atoms with Gasteiger partial charge in [0, 0.05) is 0 Å². The van der Waals surface area contributed by atoms with Crippen molar-refractivity contribution in [3.63, 3.8) is 0 Å². The summed E-state index contributed by atoms with van der Waals surface area (Å²) < 4.78 is 16.1. The van der Waals surface area contributed by atoms with E-state index in [1.54, 1.807) is 6.92 Å². The van der Waals surface area contributed by atoms with Gasteiger partial charge in [0.1, 0.15) is 6.61 Å². The van der Waals surface area contributed by atoms with Crippen LogP contribution in [0.5, 0.6) is 11.5 Å². The Morgan fingerprint density at radius 3 is 2.94 bits per heavy atom. The van der Waals surface area contributed by atoms with E-state index in [1.165, 1.54) is 5.56 Å². The molecule has 2 rings (SSSR count). The molecule has 0 radical (unpaired) electrons. The Balaban J connectivity index is 2.08. The predicted molar refractivity (Wildman–Crippen MR) is 67.0 cm³/mol. The summed E-state index contributed by atoms with van der Waals surface area (Å²) in [5, 5.41) is 0. The van der Waals surface area contributed by atoms with Gasteiger partial charge in [0.15, 0.2) is 11.5 Å². The molecule has 98 valence electrons. The molecule has 0 aliphatic carbocycles. The third-order valence-corrected chi connectivity index (χ3v) is 2.76. The minimum absolute atomic E-state index is 0.210. The van der Waals surface area contributed by atoms with Crippen LogP contribution in [0.4, 0.5) is 0 Å². The predicted octanol–water partition coefficient (Wildman–Crippen LogP) is 2.34. The zero-order valence-corrected chi connectivity index (χ0v) is 10.8. The second-order valence-corrected chi connectivity index (χ2v) is 4.20. The Bertz CT molecular complexity index is 428. The number of ether oxygens (including phenoxy) is 3. The normalized spacial score (nSPS) is 17.3. The molecule has 1 heterocycles. The van der Waals surface area contributed by atoms with E-state index in [1.807, 2.05) is 18.2 Å². The molecule has 1 aliphatic rings. The van der Waals surface area contributed by atoms with Crippen LogP contribution in [0.2, 0.25) is 0 Å². The van der Waals surface area contributed by atoms with Crippen molar-refractivity contribution in [1.82, 2.24) is 0 Å². The van der Waals surface area contributed by atoms with E-state index in [9.17, 15) is 4.79 Å². The van der Waals surface area contributed by atoms with Crippen LogP contribution in [-0.4, -0.2) is 25.3 Å². The molecule has 0 N–H and O–H groups in total. The van der Waals surface area contributed by atoms with Crippen molar-refractivity contribution in [3.8, 4) is 11.5 Å². The number of esters is 1. The molecule has 1 atom stereocenters. The molecule has 18 heavy (non-hydrogen) atoms. The molecule has 1 aromatic carbocycles. The lowest BCUT2D eigenvalue weighted by molar-refractivity contribution is -0.153. The first-order valence-corrected chi connectivity index (χ1v) is 6.33. The van der Waals surface area contributed by atoms with Crippen LogP contribution in [0.3, 0.4) is 0 Å². The minimum atomic E-state index is -0.658. The van der Waals surface area contributed by atoms with Gasteiger partial charge in [0.2, 0.25) is 6.10 Å². The molecular formula is C14H18O4. The van der Waals surface area contributed by atoms with Gasteiger partial charge in [-0.25, -0.2) is 4.79 Å². The maximum Gasteiger partial charge on any atom is 0.350 e. The van der Waals surface area contributed by atoms with Gasteiger partial charge in [-0.05, 0) is 31.0 Å². The highest BCUT2D eigenvalue weighted by Gasteiger charge is 2.28. The molecule has 0 saturated carbocycles. The molecule has 0 bridgehead atoms. The quantitative estimate of drug-likeness (QED) is 0.769. The number of hydrogen-bond donors (Lipinski definition) is 0. The summed E-state index contributed by atoms with van der Waals surface area (Å²) in [5.41, 5.74) is 1.22. The molecule has 4 heteroatoms. The summed E-state index contributed by atoms with van der Waals surface area (Å²) in [4.78, 5) is 11.6. The van der Waals surface area contributed by atoms with Crippen LogP contribution in [-0.2, 0) is 16.0 Å². The van der Waals surface area contributed by atoms with Crippen molar-refractivity contribution >= 4 is 5.97 Å². The highest BCUT2D eigenvalue weighted by atomic mass is 16.6. The van der Waals surface area contributed by atoms with E-state index >= 15 is 0 Å². The van der Waals surface area contributed by atoms with Crippen molar-refractivity contribution in [2.24, 2.45) is 0 Å². The summed E-state index contributed by atoms with van der Waals surface area (Å²) >= 11 is 0. The zero-order valence-electron chi connectivity index (χ0n) is 10.8. The van der Waals surface area contributed by atoms with Crippen LogP contribution < -0.4 is 9.47 Å². The second-order valence-electron chi connectivity index (χ2n) is 4.20. The van der Waals surface area contributed by atoms with Gasteiger partial charge in [0.05, 0.1) is 6.61 Å². The molecule has 0 saturated heterocycles. The molecule has 1 aromatic rings. The van der Waals surface area contributed by atoms with Crippen molar-refractivity contribution in [2.75, 3.05) is 13.2 Å². The summed E-state index contributed by atoms with van der Waals surface area (Å²) in [6.45, 7) is 4.46. The van der Waals surface area contributed by atoms with Crippen LogP contribution in [0, 0.1) is 0 Å². The third-order valence-electron chi connectivity index (χ3n) is 2.76. The fourth-order valence-corrected chi connectivity index (χ4v) is 1.91. The van der Waals surface area contributed by atoms with E-state index in [4.69, 9.17) is 14.2 Å². The van der Waals surface area contributed by atoms with Crippen molar-refractivity contribution < 1.29 is 19.0 Å². The molecule has 0 fully saturated rings. The van der Waals surface area contributed by atoms with Gasteiger partial charge in [-0.15, -0.1) is 0 Å². The fourth-order valence-electron chi connectivity index (χ4n) is 1.91. The zero-order chi connectivity index (χ0) is 13.0. The summed E-state index contributed by atoms with van der Waals surface area (Å²) in [5.74, 6) is 0.946. The number of rotatable bonds is 4. The average Bonchev–Trinajstić information content (AvgIpc) is 2.39. The van der Waals surface area contributed by atoms with Crippen LogP contribution in [0.1, 0.15) is 25.8 Å². The maximum atomic E-state index is 11.6. The van der Waals surface area contributed by atoms with Crippen LogP contribution >= 0.6 is 0 Å². The molecule has 4 nitrogen and oxygen atoms in total. The fraction of sp³-hybridized carbons (Fsp3) is 0.500. The van der Waals surface area contributed by atoms with Crippen molar-refractivity contribution in [3.05, 3.63) is 23.8 Å². The summed E-state index contributed by atoms with van der Waals surface area (Å²) in [6.07, 6.45) is 1.44. The lowest BCUT2D eigenvalue weighted by Gasteiger charge is -2.25. The van der Waals surface area contributed by atoms with E-state index in [0.717, 1.165) is 12.8 Å². The number of hydrogen-bond acceptors (Lipinski definition) is 4. The van der Waals surface area contributed by atoms with Gasteiger partial charge >= 0.3 is 5.97 Å². The van der Waals surface area contributed by atoms with Crippen LogP contribution in [0.25, 0.3) is 0 Å². The van der Waals surface area contributed by atoms with Gasteiger partial charge in [-0.3, -0.25) is 0 Å². The standard InChI is InChI=1S/C14H18O4/c1-3-5-10-6-7-11-12(8-10)17-9-13(18-11)14(15)16-4-2/h6-8,13H,3-5,9H2,1-2H3. The van der Waals surface area contributed by atoms with E-state index in [-0.39, 0.29) is 12.6 Å². The number of carbonyl (C=O) groups is 1. The highest BCUT2D eigenvalue weighted by Crippen LogP contribution is 2.33. The molecule has 0 amide bonds. The van der Waals surface area contributed by atoms with E-state index in [0.29, 0.717) is 18.1 Å². The number of aryl methyl sites for hydroxylation is 1. The number of benzene rings is 1. The Morgan fingerprint density at radius 2 is 2.22 bits per heavy atom. The highest BCUT2D eigenvalue weighted by molar-refractivity contribution is 5.76. The molecule has 1 aliphatic heterocycles. The van der Waals surface area contributed by atoms with Gasteiger partial charge < -0.3 is 14.2 Å². The average molecular weight is 250 g/mol. The lowest BCUT2D eigenvalue weighted by atomic mass is 10.1. The van der Waals surface area contributed by atoms with Crippen molar-refractivity contribution in [2.45, 2.75) is 32.8 Å². The number of carbonyl (C=O) groups excluding carboxylic acids is 1. The Kier molecular flexibility index (Phi) is 4.07. The Hall–Kier alpha value is -1.71. The first kappa shape index (κ1) is 12.7. The van der Waals surface area contributed by atoms with Crippen LogP contribution in [0.15, 0.2) is 18.2 Å². The van der Waals surface area contributed by atoms with E-state index < -0.39 is 6.10 Å². The van der Waals surface area contributed by atoms with Gasteiger partial charge in [-0.2, -0.15) is 0 Å². The van der Waals surface area contributed by atoms with Gasteiger partial charge in [-0.1, -0.05) is 19.4 Å². The number of fused-ring (bicyclic) bond motifs is 1. The smallest absolute Gasteiger partial charge is 0.350 e. The monoisotopic (exact) mass is 250 g/mol. The lowest BCUT2D eigenvalue weighted by Crippen LogP contribution is -2.37.